The van der Waals surface area contributed by atoms with Crippen LogP contribution in [0.4, 0.5) is 0 Å². The van der Waals surface area contributed by atoms with Crippen molar-refractivity contribution in [1.29, 1.82) is 0 Å². The smallest absolute Gasteiger partial charge is 0.0672 e. The summed E-state index contributed by atoms with van der Waals surface area (Å²) in [5.41, 5.74) is -1.07. The highest BCUT2D eigenvalue weighted by atomic mass is 16.3. The summed E-state index contributed by atoms with van der Waals surface area (Å²) < 4.78 is 0. The first-order chi connectivity index (χ1) is 6.81. The summed E-state index contributed by atoms with van der Waals surface area (Å²) in [4.78, 5) is 2.25. The third kappa shape index (κ3) is 4.96. The van der Waals surface area contributed by atoms with E-state index in [2.05, 4.69) is 11.9 Å². The van der Waals surface area contributed by atoms with Crippen LogP contribution < -0.4 is 0 Å². The number of aliphatic hydroxyl groups is 2. The fourth-order valence-electron chi connectivity index (χ4n) is 2.13. The lowest BCUT2D eigenvalue weighted by Gasteiger charge is -2.37. The van der Waals surface area contributed by atoms with Crippen molar-refractivity contribution in [2.45, 2.75) is 57.2 Å². The Kier molecular flexibility index (Phi) is 4.15. The zero-order valence-corrected chi connectivity index (χ0v) is 10.3. The summed E-state index contributed by atoms with van der Waals surface area (Å²) in [7, 11) is 2.09. The van der Waals surface area contributed by atoms with E-state index in [1.54, 1.807) is 0 Å². The first kappa shape index (κ1) is 12.9. The molecule has 90 valence electrons. The zero-order chi connectivity index (χ0) is 11.5. The molecule has 1 rings (SSSR count). The Hall–Kier alpha value is -0.120. The lowest BCUT2D eigenvalue weighted by molar-refractivity contribution is -0.0290. The molecule has 0 aromatic rings. The number of piperidine rings is 1. The van der Waals surface area contributed by atoms with Crippen LogP contribution in [0, 0.1) is 0 Å². The van der Waals surface area contributed by atoms with Crippen LogP contribution >= 0.6 is 0 Å². The highest BCUT2D eigenvalue weighted by Gasteiger charge is 2.30. The molecule has 0 spiro atoms. The maximum Gasteiger partial charge on any atom is 0.0672 e. The summed E-state index contributed by atoms with van der Waals surface area (Å²) in [6.07, 6.45) is 4.24. The zero-order valence-electron chi connectivity index (χ0n) is 10.3. The number of nitrogens with zero attached hydrogens (tertiary/aromatic N) is 1. The highest BCUT2D eigenvalue weighted by molar-refractivity contribution is 4.85. The van der Waals surface area contributed by atoms with Gasteiger partial charge in [-0.3, -0.25) is 0 Å². The molecule has 0 radical (unpaired) electrons. The van der Waals surface area contributed by atoms with E-state index in [9.17, 15) is 10.2 Å². The minimum atomic E-state index is -0.595. The maximum absolute atomic E-state index is 10.3. The molecule has 1 saturated heterocycles. The average molecular weight is 215 g/mol. The van der Waals surface area contributed by atoms with Gasteiger partial charge in [0.05, 0.1) is 11.2 Å². The third-order valence-electron chi connectivity index (χ3n) is 3.35. The minimum absolute atomic E-state index is 0.474. The molecule has 1 heterocycles. The topological polar surface area (TPSA) is 43.7 Å². The van der Waals surface area contributed by atoms with E-state index in [1.165, 1.54) is 0 Å². The first-order valence-electron chi connectivity index (χ1n) is 5.94. The van der Waals surface area contributed by atoms with E-state index in [1.807, 2.05) is 13.8 Å². The van der Waals surface area contributed by atoms with Crippen molar-refractivity contribution >= 4 is 0 Å². The molecule has 0 aromatic carbocycles. The molecule has 2 N–H and O–H groups in total. The van der Waals surface area contributed by atoms with Gasteiger partial charge in [0.1, 0.15) is 0 Å². The van der Waals surface area contributed by atoms with Gasteiger partial charge in [0.15, 0.2) is 0 Å². The van der Waals surface area contributed by atoms with Gasteiger partial charge in [-0.1, -0.05) is 0 Å². The second kappa shape index (κ2) is 4.81. The number of rotatable bonds is 4. The van der Waals surface area contributed by atoms with Gasteiger partial charge in [-0.25, -0.2) is 0 Å². The predicted octanol–water partition coefficient (Wildman–Crippen LogP) is 1.38. The van der Waals surface area contributed by atoms with Crippen molar-refractivity contribution in [1.82, 2.24) is 4.90 Å². The molecule has 0 saturated carbocycles. The van der Waals surface area contributed by atoms with Crippen LogP contribution in [0.25, 0.3) is 0 Å². The molecule has 1 fully saturated rings. The number of hydrogen-bond donors (Lipinski definition) is 2. The highest BCUT2D eigenvalue weighted by Crippen LogP contribution is 2.28. The van der Waals surface area contributed by atoms with Crippen molar-refractivity contribution < 1.29 is 10.2 Å². The molecule has 0 aromatic heterocycles. The molecular formula is C12H25NO2. The van der Waals surface area contributed by atoms with Crippen molar-refractivity contribution in [2.24, 2.45) is 0 Å². The molecule has 0 amide bonds. The van der Waals surface area contributed by atoms with E-state index in [4.69, 9.17) is 0 Å². The molecule has 0 bridgehead atoms. The second-order valence-corrected chi connectivity index (χ2v) is 5.69. The van der Waals surface area contributed by atoms with Gasteiger partial charge in [0.25, 0.3) is 0 Å². The van der Waals surface area contributed by atoms with Gasteiger partial charge >= 0.3 is 0 Å². The van der Waals surface area contributed by atoms with Crippen LogP contribution in [0.1, 0.15) is 46.0 Å². The fourth-order valence-corrected chi connectivity index (χ4v) is 2.13. The third-order valence-corrected chi connectivity index (χ3v) is 3.35. The Bertz CT molecular complexity index is 190. The molecular weight excluding hydrogens is 190 g/mol. The van der Waals surface area contributed by atoms with E-state index < -0.39 is 11.2 Å². The van der Waals surface area contributed by atoms with Crippen LogP contribution in [0.3, 0.4) is 0 Å². The van der Waals surface area contributed by atoms with E-state index in [-0.39, 0.29) is 0 Å². The van der Waals surface area contributed by atoms with Crippen molar-refractivity contribution in [2.75, 3.05) is 20.1 Å². The van der Waals surface area contributed by atoms with Gasteiger partial charge < -0.3 is 15.1 Å². The standard InChI is InChI=1S/C12H25NO2/c1-11(2,14)5-4-6-12(15)7-9-13(3)10-8-12/h14-15H,4-10H2,1-3H3. The quantitative estimate of drug-likeness (QED) is 0.744. The SMILES string of the molecule is CN1CCC(O)(CCCC(C)(C)O)CC1. The summed E-state index contributed by atoms with van der Waals surface area (Å²) in [5.74, 6) is 0. The summed E-state index contributed by atoms with van der Waals surface area (Å²) in [6, 6.07) is 0. The Morgan fingerprint density at radius 2 is 1.80 bits per heavy atom. The number of hydrogen-bond acceptors (Lipinski definition) is 3. The summed E-state index contributed by atoms with van der Waals surface area (Å²) in [5, 5.41) is 19.9. The van der Waals surface area contributed by atoms with Crippen LogP contribution in [0.5, 0.6) is 0 Å². The monoisotopic (exact) mass is 215 g/mol. The Balaban J connectivity index is 2.25. The predicted molar refractivity (Wildman–Crippen MR) is 61.8 cm³/mol. The van der Waals surface area contributed by atoms with Gasteiger partial charge in [0, 0.05) is 13.1 Å². The normalized spacial score (nSPS) is 23.0. The minimum Gasteiger partial charge on any atom is -0.390 e. The maximum atomic E-state index is 10.3. The second-order valence-electron chi connectivity index (χ2n) is 5.69. The van der Waals surface area contributed by atoms with Crippen LogP contribution in [-0.2, 0) is 0 Å². The van der Waals surface area contributed by atoms with Crippen molar-refractivity contribution in [3.63, 3.8) is 0 Å². The fraction of sp³-hybridized carbons (Fsp3) is 1.00. The van der Waals surface area contributed by atoms with Crippen LogP contribution in [-0.4, -0.2) is 46.5 Å². The Labute approximate surface area is 93.1 Å². The van der Waals surface area contributed by atoms with Gasteiger partial charge in [-0.05, 0) is 53.0 Å². The molecule has 15 heavy (non-hydrogen) atoms. The lowest BCUT2D eigenvalue weighted by Crippen LogP contribution is -2.42. The molecule has 0 unspecified atom stereocenters. The summed E-state index contributed by atoms with van der Waals surface area (Å²) in [6.45, 7) is 5.62. The first-order valence-corrected chi connectivity index (χ1v) is 5.94. The van der Waals surface area contributed by atoms with Gasteiger partial charge in [0.2, 0.25) is 0 Å². The van der Waals surface area contributed by atoms with Crippen molar-refractivity contribution in [3.05, 3.63) is 0 Å². The van der Waals surface area contributed by atoms with E-state index >= 15 is 0 Å². The largest absolute Gasteiger partial charge is 0.390 e. The average Bonchev–Trinajstić information content (AvgIpc) is 2.09. The van der Waals surface area contributed by atoms with Crippen molar-refractivity contribution in [3.8, 4) is 0 Å². The Morgan fingerprint density at radius 1 is 1.27 bits per heavy atom. The molecule has 1 aliphatic rings. The molecule has 0 atom stereocenters. The van der Waals surface area contributed by atoms with E-state index in [0.29, 0.717) is 0 Å². The summed E-state index contributed by atoms with van der Waals surface area (Å²) >= 11 is 0. The molecule has 3 heteroatoms. The lowest BCUT2D eigenvalue weighted by atomic mass is 9.85. The Morgan fingerprint density at radius 3 is 2.27 bits per heavy atom. The molecule has 1 aliphatic heterocycles. The molecule has 3 nitrogen and oxygen atoms in total. The molecule has 0 aliphatic carbocycles. The number of likely N-dealkylation sites (tertiary alicyclic amines) is 1. The van der Waals surface area contributed by atoms with Gasteiger partial charge in [-0.15, -0.1) is 0 Å². The van der Waals surface area contributed by atoms with Gasteiger partial charge in [-0.2, -0.15) is 0 Å². The van der Waals surface area contributed by atoms with Crippen LogP contribution in [0.2, 0.25) is 0 Å². The van der Waals surface area contributed by atoms with Crippen LogP contribution in [0.15, 0.2) is 0 Å². The van der Waals surface area contributed by atoms with E-state index in [0.717, 1.165) is 45.2 Å².